The van der Waals surface area contributed by atoms with Crippen molar-refractivity contribution in [3.8, 4) is 17.3 Å². The molecule has 2 N–H and O–H groups in total. The van der Waals surface area contributed by atoms with Crippen LogP contribution in [0.4, 0.5) is 4.79 Å². The number of fused-ring (bicyclic) bond motifs is 1. The van der Waals surface area contributed by atoms with Gasteiger partial charge in [0.2, 0.25) is 0 Å². The summed E-state index contributed by atoms with van der Waals surface area (Å²) in [5.74, 6) is 0. The van der Waals surface area contributed by atoms with E-state index < -0.39 is 6.09 Å². The van der Waals surface area contributed by atoms with E-state index in [4.69, 9.17) is 5.26 Å². The molecule has 1 amide bonds. The Kier molecular flexibility index (Phi) is 4.35. The third-order valence-electron chi connectivity index (χ3n) is 5.26. The zero-order valence-corrected chi connectivity index (χ0v) is 15.3. The van der Waals surface area contributed by atoms with Crippen LogP contribution in [0.3, 0.4) is 0 Å². The Hall–Kier alpha value is -3.61. The zero-order valence-electron chi connectivity index (χ0n) is 15.3. The number of imidazole rings is 1. The van der Waals surface area contributed by atoms with Gasteiger partial charge in [-0.25, -0.2) is 9.48 Å². The minimum atomic E-state index is -0.895. The minimum absolute atomic E-state index is 0.0612. The second-order valence-corrected chi connectivity index (χ2v) is 6.91. The number of rotatable bonds is 2. The van der Waals surface area contributed by atoms with Crippen LogP contribution in [0.15, 0.2) is 23.1 Å². The van der Waals surface area contributed by atoms with Crippen LogP contribution < -0.4 is 5.56 Å². The van der Waals surface area contributed by atoms with E-state index in [1.54, 1.807) is 6.07 Å². The lowest BCUT2D eigenvalue weighted by atomic mass is 10.1. The maximum Gasteiger partial charge on any atom is 0.407 e. The van der Waals surface area contributed by atoms with E-state index in [1.807, 2.05) is 17.7 Å². The molecular weight excluding hydrogens is 362 g/mol. The summed E-state index contributed by atoms with van der Waals surface area (Å²) in [4.78, 5) is 28.0. The van der Waals surface area contributed by atoms with Crippen LogP contribution in [0.25, 0.3) is 16.9 Å². The lowest BCUT2D eigenvalue weighted by Gasteiger charge is -2.17. The van der Waals surface area contributed by atoms with Gasteiger partial charge < -0.3 is 15.0 Å². The molecule has 0 aromatic carbocycles. The number of likely N-dealkylation sites (tertiary alicyclic amines) is 1. The smallest absolute Gasteiger partial charge is 0.407 e. The number of aromatic nitrogens is 5. The highest BCUT2D eigenvalue weighted by Crippen LogP contribution is 2.27. The third-order valence-corrected chi connectivity index (χ3v) is 5.26. The summed E-state index contributed by atoms with van der Waals surface area (Å²) in [7, 11) is 0. The summed E-state index contributed by atoms with van der Waals surface area (Å²) in [6.45, 7) is 2.88. The average molecular weight is 381 g/mol. The van der Waals surface area contributed by atoms with E-state index in [2.05, 4.69) is 15.3 Å². The van der Waals surface area contributed by atoms with Crippen LogP contribution in [-0.2, 0) is 0 Å². The van der Waals surface area contributed by atoms with Gasteiger partial charge in [-0.2, -0.15) is 5.26 Å². The van der Waals surface area contributed by atoms with Gasteiger partial charge in [0.25, 0.3) is 5.56 Å². The number of hydrogen-bond acceptors (Lipinski definition) is 5. The molecule has 3 aromatic rings. The summed E-state index contributed by atoms with van der Waals surface area (Å²) in [5.41, 5.74) is 2.50. The first kappa shape index (κ1) is 17.8. The van der Waals surface area contributed by atoms with E-state index in [0.29, 0.717) is 36.4 Å². The Balaban J connectivity index is 1.67. The van der Waals surface area contributed by atoms with Gasteiger partial charge in [-0.1, -0.05) is 5.21 Å². The minimum Gasteiger partial charge on any atom is -0.465 e. The molecule has 0 bridgehead atoms. The predicted octanol–water partition coefficient (Wildman–Crippen LogP) is 1.77. The van der Waals surface area contributed by atoms with Crippen LogP contribution in [0.2, 0.25) is 0 Å². The Bertz CT molecular complexity index is 1150. The molecule has 144 valence electrons. The van der Waals surface area contributed by atoms with Gasteiger partial charge in [0, 0.05) is 30.9 Å². The Morgan fingerprint density at radius 2 is 2.18 bits per heavy atom. The maximum atomic E-state index is 12.5. The molecule has 4 rings (SSSR count). The van der Waals surface area contributed by atoms with E-state index in [9.17, 15) is 14.7 Å². The van der Waals surface area contributed by atoms with Crippen LogP contribution in [0.1, 0.15) is 36.7 Å². The number of pyridine rings is 1. The fourth-order valence-corrected chi connectivity index (χ4v) is 3.82. The van der Waals surface area contributed by atoms with Crippen LogP contribution in [0.5, 0.6) is 0 Å². The molecule has 3 aromatic heterocycles. The number of amides is 1. The van der Waals surface area contributed by atoms with Crippen LogP contribution in [-0.4, -0.2) is 53.6 Å². The number of H-pyrrole nitrogens is 1. The zero-order chi connectivity index (χ0) is 19.8. The molecule has 1 aliphatic heterocycles. The average Bonchev–Trinajstić information content (AvgIpc) is 3.17. The Morgan fingerprint density at radius 1 is 1.36 bits per heavy atom. The molecule has 1 unspecified atom stereocenters. The van der Waals surface area contributed by atoms with Crippen molar-refractivity contribution in [3.05, 3.63) is 40.1 Å². The van der Waals surface area contributed by atoms with Crippen molar-refractivity contribution < 1.29 is 9.90 Å². The number of nitrogens with one attached hydrogen (secondary N) is 1. The molecule has 0 radical (unpaired) electrons. The van der Waals surface area contributed by atoms with Gasteiger partial charge in [0.05, 0.1) is 11.7 Å². The Morgan fingerprint density at radius 3 is 2.93 bits per heavy atom. The van der Waals surface area contributed by atoms with Crippen molar-refractivity contribution in [3.63, 3.8) is 0 Å². The number of carboxylic acid groups (broad SMARTS) is 1. The van der Waals surface area contributed by atoms with Gasteiger partial charge in [0.15, 0.2) is 0 Å². The molecule has 1 saturated heterocycles. The summed E-state index contributed by atoms with van der Waals surface area (Å²) < 4.78 is 3.15. The van der Waals surface area contributed by atoms with E-state index in [0.717, 1.165) is 18.5 Å². The lowest BCUT2D eigenvalue weighted by molar-refractivity contribution is 0.146. The largest absolute Gasteiger partial charge is 0.465 e. The van der Waals surface area contributed by atoms with Gasteiger partial charge in [0.1, 0.15) is 23.1 Å². The first-order valence-electron chi connectivity index (χ1n) is 9.04. The molecule has 10 heteroatoms. The van der Waals surface area contributed by atoms with Crippen molar-refractivity contribution in [2.75, 3.05) is 13.1 Å². The van der Waals surface area contributed by atoms with Crippen LogP contribution >= 0.6 is 0 Å². The topological polar surface area (TPSA) is 132 Å². The quantitative estimate of drug-likeness (QED) is 0.695. The molecule has 1 fully saturated rings. The highest BCUT2D eigenvalue weighted by Gasteiger charge is 2.24. The maximum absolute atomic E-state index is 12.5. The molecule has 10 nitrogen and oxygen atoms in total. The second-order valence-electron chi connectivity index (χ2n) is 6.91. The number of hydrogen-bond donors (Lipinski definition) is 2. The van der Waals surface area contributed by atoms with E-state index in [-0.39, 0.29) is 17.3 Å². The van der Waals surface area contributed by atoms with Gasteiger partial charge in [-0.3, -0.25) is 9.20 Å². The summed E-state index contributed by atoms with van der Waals surface area (Å²) in [6, 6.07) is 5.25. The standard InChI is InChI=1S/C18H19N7O3/c1-11-17(12-7-15-20-10-14(9-19)24(15)16(26)8-12)21-22-25(11)13-3-2-5-23(6-4-13)18(27)28/h7-8,10,13,20H,2-6H2,1H3,(H,27,28). The van der Waals surface area contributed by atoms with Crippen molar-refractivity contribution in [2.24, 2.45) is 0 Å². The summed E-state index contributed by atoms with van der Waals surface area (Å²) >= 11 is 0. The van der Waals surface area contributed by atoms with Gasteiger partial charge >= 0.3 is 6.09 Å². The van der Waals surface area contributed by atoms with Crippen LogP contribution in [0, 0.1) is 18.3 Å². The highest BCUT2D eigenvalue weighted by molar-refractivity contribution is 5.66. The normalized spacial score (nSPS) is 17.4. The molecule has 0 aliphatic carbocycles. The molecular formula is C18H19N7O3. The highest BCUT2D eigenvalue weighted by atomic mass is 16.4. The van der Waals surface area contributed by atoms with Gasteiger partial charge in [-0.15, -0.1) is 5.10 Å². The third kappa shape index (κ3) is 2.90. The molecule has 0 saturated carbocycles. The SMILES string of the molecule is Cc1c(-c2cc(=O)n3c(C#N)c[nH]c3c2)nnn1C1CCCN(C(=O)O)CC1. The van der Waals surface area contributed by atoms with Crippen molar-refractivity contribution in [2.45, 2.75) is 32.2 Å². The van der Waals surface area contributed by atoms with Gasteiger partial charge in [-0.05, 0) is 32.3 Å². The summed E-state index contributed by atoms with van der Waals surface area (Å²) in [6.07, 6.45) is 2.84. The second kappa shape index (κ2) is 6.84. The molecule has 28 heavy (non-hydrogen) atoms. The molecule has 4 heterocycles. The predicted molar refractivity (Wildman–Crippen MR) is 99.0 cm³/mol. The van der Waals surface area contributed by atoms with Crippen molar-refractivity contribution in [1.29, 1.82) is 5.26 Å². The monoisotopic (exact) mass is 381 g/mol. The first-order valence-corrected chi connectivity index (χ1v) is 9.04. The number of carbonyl (C=O) groups is 1. The van der Waals surface area contributed by atoms with E-state index >= 15 is 0 Å². The summed E-state index contributed by atoms with van der Waals surface area (Å²) in [5, 5.41) is 26.9. The fraction of sp³-hybridized carbons (Fsp3) is 0.389. The first-order chi connectivity index (χ1) is 13.5. The van der Waals surface area contributed by atoms with Crippen molar-refractivity contribution in [1.82, 2.24) is 29.3 Å². The fourth-order valence-electron chi connectivity index (χ4n) is 3.82. The molecule has 1 aliphatic rings. The van der Waals surface area contributed by atoms with Crippen molar-refractivity contribution >= 4 is 11.7 Å². The number of nitriles is 1. The lowest BCUT2D eigenvalue weighted by Crippen LogP contribution is -2.30. The molecule has 0 spiro atoms. The molecule has 1 atom stereocenters. The Labute approximate surface area is 159 Å². The number of aromatic amines is 1. The number of nitrogens with zero attached hydrogens (tertiary/aromatic N) is 6. The van der Waals surface area contributed by atoms with E-state index in [1.165, 1.54) is 21.6 Å².